The van der Waals surface area contributed by atoms with Crippen LogP contribution in [0.25, 0.3) is 33.2 Å². The highest BCUT2D eigenvalue weighted by Crippen LogP contribution is 2.34. The molecule has 3 N–H and O–H groups in total. The van der Waals surface area contributed by atoms with Crippen molar-refractivity contribution in [3.05, 3.63) is 84.7 Å². The number of hydrogen-bond donors (Lipinski definition) is 2. The monoisotopic (exact) mass is 703 g/mol. The molecule has 260 valence electrons. The normalized spacial score (nSPS) is 13.7. The van der Waals surface area contributed by atoms with Crippen molar-refractivity contribution in [3.8, 4) is 28.1 Å². The Morgan fingerprint density at radius 3 is 2.28 bits per heavy atom. The number of carbonyl (C=O) groups is 1. The Kier molecular flexibility index (Phi) is 9.18. The first-order chi connectivity index (χ1) is 23.7. The lowest BCUT2D eigenvalue weighted by atomic mass is 10.0. The minimum Gasteiger partial charge on any atom is -0.480 e. The van der Waals surface area contributed by atoms with E-state index in [9.17, 15) is 22.0 Å². The number of pyridine rings is 3. The van der Waals surface area contributed by atoms with E-state index in [1.165, 1.54) is 19.4 Å². The summed E-state index contributed by atoms with van der Waals surface area (Å²) in [6.07, 6.45) is 2.92. The fraction of sp³-hybridized carbons (Fsp3) is 0.257. The van der Waals surface area contributed by atoms with Crippen LogP contribution in [0.5, 0.6) is 5.88 Å². The van der Waals surface area contributed by atoms with Crippen molar-refractivity contribution in [1.29, 1.82) is 0 Å². The van der Waals surface area contributed by atoms with Gasteiger partial charge >= 0.3 is 6.09 Å². The Morgan fingerprint density at radius 2 is 1.62 bits per heavy atom. The van der Waals surface area contributed by atoms with Gasteiger partial charge < -0.3 is 25.0 Å². The van der Waals surface area contributed by atoms with E-state index < -0.39 is 32.2 Å². The molecule has 6 rings (SSSR count). The highest BCUT2D eigenvalue weighted by Gasteiger charge is 2.27. The van der Waals surface area contributed by atoms with Gasteiger partial charge in [0.15, 0.2) is 0 Å². The minimum atomic E-state index is -4.46. The predicted octanol–water partition coefficient (Wildman–Crippen LogP) is 6.09. The van der Waals surface area contributed by atoms with Crippen LogP contribution in [-0.2, 0) is 14.8 Å². The number of nitrogens with two attached hydrogens (primary N) is 1. The van der Waals surface area contributed by atoms with E-state index in [0.29, 0.717) is 60.3 Å². The summed E-state index contributed by atoms with van der Waals surface area (Å²) < 4.78 is 66.8. The summed E-state index contributed by atoms with van der Waals surface area (Å²) in [6.45, 7) is 7.79. The molecule has 0 atom stereocenters. The first-order valence-electron chi connectivity index (χ1n) is 15.6. The van der Waals surface area contributed by atoms with Gasteiger partial charge in [-0.2, -0.15) is 0 Å². The van der Waals surface area contributed by atoms with Gasteiger partial charge in [0.25, 0.3) is 10.0 Å². The summed E-state index contributed by atoms with van der Waals surface area (Å²) in [5, 5.41) is 0.750. The molecule has 1 aliphatic rings. The van der Waals surface area contributed by atoms with Crippen LogP contribution in [0.1, 0.15) is 20.8 Å². The molecule has 1 saturated heterocycles. The van der Waals surface area contributed by atoms with E-state index >= 15 is 0 Å². The molecule has 3 aromatic heterocycles. The van der Waals surface area contributed by atoms with Crippen LogP contribution >= 0.6 is 0 Å². The Hall–Kier alpha value is -5.57. The number of anilines is 3. The Labute approximate surface area is 287 Å². The first-order valence-corrected chi connectivity index (χ1v) is 17.1. The van der Waals surface area contributed by atoms with Gasteiger partial charge in [0.1, 0.15) is 39.5 Å². The maximum atomic E-state index is 14.3. The molecule has 1 aliphatic heterocycles. The summed E-state index contributed by atoms with van der Waals surface area (Å²) in [5.41, 5.74) is 9.06. The van der Waals surface area contributed by atoms with Crippen LogP contribution in [0.3, 0.4) is 0 Å². The van der Waals surface area contributed by atoms with Gasteiger partial charge in [0.05, 0.1) is 12.6 Å². The molecule has 12 nitrogen and oxygen atoms in total. The van der Waals surface area contributed by atoms with Gasteiger partial charge in [0.2, 0.25) is 5.88 Å². The second-order valence-corrected chi connectivity index (χ2v) is 14.3. The van der Waals surface area contributed by atoms with Crippen LogP contribution in [0.4, 0.5) is 30.9 Å². The number of rotatable bonds is 7. The molecule has 0 unspecified atom stereocenters. The van der Waals surface area contributed by atoms with Crippen molar-refractivity contribution in [2.45, 2.75) is 31.3 Å². The number of aromatic nitrogens is 3. The molecule has 1 fully saturated rings. The number of halogens is 2. The van der Waals surface area contributed by atoms with Crippen molar-refractivity contribution in [3.63, 3.8) is 0 Å². The number of benzene rings is 2. The predicted molar refractivity (Wildman–Crippen MR) is 186 cm³/mol. The number of ether oxygens (including phenoxy) is 2. The Balaban J connectivity index is 1.23. The van der Waals surface area contributed by atoms with Crippen molar-refractivity contribution < 1.29 is 31.5 Å². The molecular formula is C35H35F2N7O5S. The maximum Gasteiger partial charge on any atom is 0.410 e. The molecule has 0 bridgehead atoms. The lowest BCUT2D eigenvalue weighted by molar-refractivity contribution is 0.0240. The van der Waals surface area contributed by atoms with Crippen LogP contribution < -0.4 is 20.1 Å². The Bertz CT molecular complexity index is 2190. The van der Waals surface area contributed by atoms with Gasteiger partial charge in [-0.05, 0) is 74.9 Å². The second-order valence-electron chi connectivity index (χ2n) is 12.6. The fourth-order valence-electron chi connectivity index (χ4n) is 5.52. The van der Waals surface area contributed by atoms with E-state index in [1.54, 1.807) is 23.2 Å². The summed E-state index contributed by atoms with van der Waals surface area (Å²) in [6, 6.07) is 14.8. The largest absolute Gasteiger partial charge is 0.480 e. The van der Waals surface area contributed by atoms with Crippen LogP contribution in [0.2, 0.25) is 0 Å². The number of sulfonamides is 1. The number of nitrogen functional groups attached to an aromatic ring is 1. The Morgan fingerprint density at radius 1 is 0.900 bits per heavy atom. The fourth-order valence-corrected chi connectivity index (χ4v) is 6.63. The van der Waals surface area contributed by atoms with E-state index in [1.807, 2.05) is 45.0 Å². The number of methoxy groups -OCH3 is 1. The number of hydrogen-bond acceptors (Lipinski definition) is 10. The van der Waals surface area contributed by atoms with Gasteiger partial charge in [-0.1, -0.05) is 6.07 Å². The number of piperazine rings is 1. The molecule has 5 aromatic rings. The molecule has 4 heterocycles. The molecule has 0 saturated carbocycles. The van der Waals surface area contributed by atoms with Crippen LogP contribution in [0.15, 0.2) is 78.0 Å². The molecular weight excluding hydrogens is 668 g/mol. The van der Waals surface area contributed by atoms with E-state index in [2.05, 4.69) is 24.6 Å². The highest BCUT2D eigenvalue weighted by atomic mass is 32.2. The van der Waals surface area contributed by atoms with Gasteiger partial charge in [-0.15, -0.1) is 0 Å². The number of fused-ring (bicyclic) bond motifs is 1. The third kappa shape index (κ3) is 7.37. The van der Waals surface area contributed by atoms with Crippen molar-refractivity contribution in [1.82, 2.24) is 19.9 Å². The lowest BCUT2D eigenvalue weighted by Gasteiger charge is -2.36. The zero-order chi connectivity index (χ0) is 35.8. The van der Waals surface area contributed by atoms with Gasteiger partial charge in [0, 0.05) is 66.7 Å². The topological polar surface area (TPSA) is 153 Å². The summed E-state index contributed by atoms with van der Waals surface area (Å²) in [4.78, 5) is 29.0. The van der Waals surface area contributed by atoms with Gasteiger partial charge in [-0.25, -0.2) is 36.9 Å². The smallest absolute Gasteiger partial charge is 0.410 e. The molecule has 0 spiro atoms. The van der Waals surface area contributed by atoms with E-state index in [4.69, 9.17) is 15.2 Å². The SMILES string of the molecule is COc1ncc(-c2ccc3nc(N)c(-c4ccc(N5CCN(C(=O)OC(C)(C)C)CC5)nc4)cc3c2)cc1NS(=O)(=O)c1ccc(F)cc1F. The highest BCUT2D eigenvalue weighted by molar-refractivity contribution is 7.92. The third-order valence-corrected chi connectivity index (χ3v) is 9.36. The zero-order valence-corrected chi connectivity index (χ0v) is 28.6. The number of amides is 1. The molecule has 0 aliphatic carbocycles. The molecule has 1 amide bonds. The maximum absolute atomic E-state index is 14.3. The summed E-state index contributed by atoms with van der Waals surface area (Å²) in [7, 11) is -3.14. The van der Waals surface area contributed by atoms with Crippen LogP contribution in [0, 0.1) is 11.6 Å². The zero-order valence-electron chi connectivity index (χ0n) is 27.8. The van der Waals surface area contributed by atoms with Crippen LogP contribution in [-0.4, -0.2) is 73.3 Å². The average molecular weight is 704 g/mol. The third-order valence-electron chi connectivity index (χ3n) is 7.96. The number of carbonyl (C=O) groups excluding carboxylic acids is 1. The number of nitrogens with one attached hydrogen (secondary N) is 1. The lowest BCUT2D eigenvalue weighted by Crippen LogP contribution is -2.50. The second kappa shape index (κ2) is 13.4. The summed E-state index contributed by atoms with van der Waals surface area (Å²) >= 11 is 0. The quantitative estimate of drug-likeness (QED) is 0.204. The van der Waals surface area contributed by atoms with Crippen molar-refractivity contribution >= 4 is 44.3 Å². The molecule has 15 heteroatoms. The van der Waals surface area contributed by atoms with E-state index in [-0.39, 0.29) is 17.7 Å². The van der Waals surface area contributed by atoms with Crippen molar-refractivity contribution in [2.24, 2.45) is 0 Å². The average Bonchev–Trinajstić information content (AvgIpc) is 3.07. The molecule has 0 radical (unpaired) electrons. The molecule has 2 aromatic carbocycles. The summed E-state index contributed by atoms with van der Waals surface area (Å²) in [5.74, 6) is -1.09. The van der Waals surface area contributed by atoms with E-state index in [0.717, 1.165) is 28.9 Å². The van der Waals surface area contributed by atoms with Gasteiger partial charge in [-0.3, -0.25) is 4.72 Å². The first kappa shape index (κ1) is 34.3. The standard InChI is InChI=1S/C35H35F2N7O5S/c1-35(2,3)49-34(45)44-13-11-43(12-14-44)31-10-6-22(19-39-31)26-16-23-15-21(5-8-28(23)41-32(26)38)24-17-29(33(48-4)40-20-24)42-50(46,47)30-9-7-25(36)18-27(30)37/h5-10,15-20,42H,11-14H2,1-4H3,(H2,38,41). The van der Waals surface area contributed by atoms with Crippen molar-refractivity contribution in [2.75, 3.05) is 48.6 Å². The number of nitrogens with zero attached hydrogens (tertiary/aromatic N) is 5. The minimum absolute atomic E-state index is 0.0395. The molecule has 50 heavy (non-hydrogen) atoms.